The van der Waals surface area contributed by atoms with Crippen LogP contribution in [0.15, 0.2) is 27.7 Å². The van der Waals surface area contributed by atoms with Gasteiger partial charge in [-0.15, -0.1) is 24.0 Å². The van der Waals surface area contributed by atoms with E-state index in [9.17, 15) is 4.79 Å². The summed E-state index contributed by atoms with van der Waals surface area (Å²) in [5.74, 6) is 0.760. The molecule has 0 aliphatic rings. The third kappa shape index (κ3) is 9.46. The highest BCUT2D eigenvalue weighted by atomic mass is 127. The number of guanidine groups is 1. The Morgan fingerprint density at radius 3 is 2.67 bits per heavy atom. The zero-order chi connectivity index (χ0) is 17.1. The van der Waals surface area contributed by atoms with E-state index in [0.717, 1.165) is 47.6 Å². The SMILES string of the molecule is CCCCN=C(NCC)NCCC(=O)Nc1cc(Br)ccc1C.I. The van der Waals surface area contributed by atoms with E-state index in [-0.39, 0.29) is 29.9 Å². The van der Waals surface area contributed by atoms with E-state index in [1.807, 2.05) is 32.0 Å². The number of aliphatic imine (C=N–C) groups is 1. The van der Waals surface area contributed by atoms with Crippen LogP contribution in [0.4, 0.5) is 5.69 Å². The highest BCUT2D eigenvalue weighted by Gasteiger charge is 2.06. The Labute approximate surface area is 170 Å². The fourth-order valence-corrected chi connectivity index (χ4v) is 2.29. The number of nitrogens with zero attached hydrogens (tertiary/aromatic N) is 1. The van der Waals surface area contributed by atoms with Gasteiger partial charge in [-0.3, -0.25) is 9.79 Å². The summed E-state index contributed by atoms with van der Waals surface area (Å²) in [4.78, 5) is 16.5. The van der Waals surface area contributed by atoms with Gasteiger partial charge in [0.15, 0.2) is 5.96 Å². The van der Waals surface area contributed by atoms with E-state index in [0.29, 0.717) is 13.0 Å². The smallest absolute Gasteiger partial charge is 0.226 e. The summed E-state index contributed by atoms with van der Waals surface area (Å²) in [7, 11) is 0. The molecule has 1 rings (SSSR count). The first-order valence-electron chi connectivity index (χ1n) is 8.15. The molecule has 1 amide bonds. The molecule has 136 valence electrons. The van der Waals surface area contributed by atoms with Crippen molar-refractivity contribution >= 4 is 57.5 Å². The molecule has 3 N–H and O–H groups in total. The predicted octanol–water partition coefficient (Wildman–Crippen LogP) is 4.06. The minimum Gasteiger partial charge on any atom is -0.357 e. The maximum absolute atomic E-state index is 12.0. The molecule has 0 bridgehead atoms. The summed E-state index contributed by atoms with van der Waals surface area (Å²) in [6.07, 6.45) is 2.58. The molecule has 0 heterocycles. The summed E-state index contributed by atoms with van der Waals surface area (Å²) in [6.45, 7) is 8.31. The van der Waals surface area contributed by atoms with E-state index in [2.05, 4.69) is 43.8 Å². The summed E-state index contributed by atoms with van der Waals surface area (Å²) >= 11 is 3.42. The van der Waals surface area contributed by atoms with Gasteiger partial charge in [0.2, 0.25) is 5.91 Å². The predicted molar refractivity (Wildman–Crippen MR) is 116 cm³/mol. The van der Waals surface area contributed by atoms with Crippen LogP contribution in [0.5, 0.6) is 0 Å². The Morgan fingerprint density at radius 2 is 2.00 bits per heavy atom. The molecule has 0 saturated heterocycles. The minimum absolute atomic E-state index is 0. The largest absolute Gasteiger partial charge is 0.357 e. The molecule has 1 aromatic rings. The molecule has 0 radical (unpaired) electrons. The number of hydrogen-bond acceptors (Lipinski definition) is 2. The number of anilines is 1. The minimum atomic E-state index is -0.0110. The monoisotopic (exact) mass is 510 g/mol. The number of carbonyl (C=O) groups is 1. The second-order valence-electron chi connectivity index (χ2n) is 5.30. The molecule has 0 unspecified atom stereocenters. The Bertz CT molecular complexity index is 537. The molecule has 0 fully saturated rings. The highest BCUT2D eigenvalue weighted by molar-refractivity contribution is 14.0. The van der Waals surface area contributed by atoms with Gasteiger partial charge in [-0.2, -0.15) is 0 Å². The first-order chi connectivity index (χ1) is 11.1. The second kappa shape index (κ2) is 13.5. The lowest BCUT2D eigenvalue weighted by Gasteiger charge is -2.12. The number of amides is 1. The fraction of sp³-hybridized carbons (Fsp3) is 0.529. The van der Waals surface area contributed by atoms with Gasteiger partial charge in [0.1, 0.15) is 0 Å². The van der Waals surface area contributed by atoms with Crippen molar-refractivity contribution in [2.24, 2.45) is 4.99 Å². The molecular weight excluding hydrogens is 483 g/mol. The number of carbonyl (C=O) groups excluding carboxylic acids is 1. The Hall–Kier alpha value is -0.830. The molecule has 24 heavy (non-hydrogen) atoms. The lowest BCUT2D eigenvalue weighted by molar-refractivity contribution is -0.116. The van der Waals surface area contributed by atoms with Gasteiger partial charge in [0, 0.05) is 36.2 Å². The number of halogens is 2. The average Bonchev–Trinajstić information content (AvgIpc) is 2.51. The molecular formula is C17H28BrIN4O. The maximum atomic E-state index is 12.0. The Morgan fingerprint density at radius 1 is 1.25 bits per heavy atom. The van der Waals surface area contributed by atoms with Gasteiger partial charge in [-0.25, -0.2) is 0 Å². The third-order valence-electron chi connectivity index (χ3n) is 3.24. The maximum Gasteiger partial charge on any atom is 0.226 e. The van der Waals surface area contributed by atoms with E-state index >= 15 is 0 Å². The quantitative estimate of drug-likeness (QED) is 0.214. The Kier molecular flexibility index (Phi) is 13.0. The van der Waals surface area contributed by atoms with Crippen LogP contribution in [0, 0.1) is 6.92 Å². The van der Waals surface area contributed by atoms with Crippen molar-refractivity contribution in [3.05, 3.63) is 28.2 Å². The van der Waals surface area contributed by atoms with Crippen molar-refractivity contribution in [3.63, 3.8) is 0 Å². The van der Waals surface area contributed by atoms with Gasteiger partial charge in [0.25, 0.3) is 0 Å². The lowest BCUT2D eigenvalue weighted by atomic mass is 10.2. The topological polar surface area (TPSA) is 65.5 Å². The molecule has 0 atom stereocenters. The average molecular weight is 511 g/mol. The molecule has 0 aliphatic heterocycles. The summed E-state index contributed by atoms with van der Waals surface area (Å²) in [5.41, 5.74) is 1.89. The van der Waals surface area contributed by atoms with Gasteiger partial charge < -0.3 is 16.0 Å². The lowest BCUT2D eigenvalue weighted by Crippen LogP contribution is -2.38. The van der Waals surface area contributed by atoms with Gasteiger partial charge in [-0.05, 0) is 38.0 Å². The van der Waals surface area contributed by atoms with Crippen molar-refractivity contribution < 1.29 is 4.79 Å². The molecule has 7 heteroatoms. The van der Waals surface area contributed by atoms with Crippen LogP contribution in [0.2, 0.25) is 0 Å². The zero-order valence-electron chi connectivity index (χ0n) is 14.6. The molecule has 0 aliphatic carbocycles. The van der Waals surface area contributed by atoms with Crippen LogP contribution < -0.4 is 16.0 Å². The highest BCUT2D eigenvalue weighted by Crippen LogP contribution is 2.20. The summed E-state index contributed by atoms with van der Waals surface area (Å²) in [6, 6.07) is 5.85. The number of unbranched alkanes of at least 4 members (excludes halogenated alkanes) is 1. The molecule has 0 aromatic heterocycles. The molecule has 5 nitrogen and oxygen atoms in total. The van der Waals surface area contributed by atoms with Crippen molar-refractivity contribution in [1.82, 2.24) is 10.6 Å². The normalized spacial score (nSPS) is 10.8. The standard InChI is InChI=1S/C17H27BrN4O.HI/c1-4-6-10-20-17(19-5-2)21-11-9-16(23)22-15-12-14(18)8-7-13(15)3;/h7-8,12H,4-6,9-11H2,1-3H3,(H,22,23)(H2,19,20,21);1H. The van der Waals surface area contributed by atoms with Crippen LogP contribution in [0.3, 0.4) is 0 Å². The van der Waals surface area contributed by atoms with E-state index in [4.69, 9.17) is 0 Å². The van der Waals surface area contributed by atoms with Gasteiger partial charge >= 0.3 is 0 Å². The van der Waals surface area contributed by atoms with E-state index < -0.39 is 0 Å². The zero-order valence-corrected chi connectivity index (χ0v) is 18.5. The first kappa shape index (κ1) is 23.2. The number of hydrogen-bond donors (Lipinski definition) is 3. The van der Waals surface area contributed by atoms with Crippen LogP contribution in [-0.4, -0.2) is 31.5 Å². The van der Waals surface area contributed by atoms with Gasteiger partial charge in [-0.1, -0.05) is 35.3 Å². The van der Waals surface area contributed by atoms with Crippen molar-refractivity contribution in [2.75, 3.05) is 25.0 Å². The van der Waals surface area contributed by atoms with Crippen LogP contribution >= 0.6 is 39.9 Å². The number of nitrogens with one attached hydrogen (secondary N) is 3. The molecule has 0 spiro atoms. The van der Waals surface area contributed by atoms with Crippen molar-refractivity contribution in [3.8, 4) is 0 Å². The number of benzene rings is 1. The van der Waals surface area contributed by atoms with Gasteiger partial charge in [0.05, 0.1) is 0 Å². The third-order valence-corrected chi connectivity index (χ3v) is 3.74. The molecule has 0 saturated carbocycles. The number of aryl methyl sites for hydroxylation is 1. The van der Waals surface area contributed by atoms with Crippen molar-refractivity contribution in [1.29, 1.82) is 0 Å². The first-order valence-corrected chi connectivity index (χ1v) is 8.94. The van der Waals surface area contributed by atoms with Crippen LogP contribution in [-0.2, 0) is 4.79 Å². The van der Waals surface area contributed by atoms with E-state index in [1.165, 1.54) is 0 Å². The summed E-state index contributed by atoms with van der Waals surface area (Å²) < 4.78 is 0.953. The van der Waals surface area contributed by atoms with Crippen LogP contribution in [0.25, 0.3) is 0 Å². The fourth-order valence-electron chi connectivity index (χ4n) is 1.93. The number of rotatable bonds is 8. The van der Waals surface area contributed by atoms with Crippen molar-refractivity contribution in [2.45, 2.75) is 40.0 Å². The van der Waals surface area contributed by atoms with Crippen LogP contribution in [0.1, 0.15) is 38.7 Å². The Balaban J connectivity index is 0.00000529. The second-order valence-corrected chi connectivity index (χ2v) is 6.21. The summed E-state index contributed by atoms with van der Waals surface area (Å²) in [5, 5.41) is 9.31. The van der Waals surface area contributed by atoms with E-state index in [1.54, 1.807) is 0 Å². The molecule has 1 aromatic carbocycles.